The summed E-state index contributed by atoms with van der Waals surface area (Å²) >= 11 is 0. The first-order valence-electron chi connectivity index (χ1n) is 10.1. The maximum Gasteiger partial charge on any atom is 0.239 e. The summed E-state index contributed by atoms with van der Waals surface area (Å²) in [6.07, 6.45) is 2.21. The Labute approximate surface area is 172 Å². The highest BCUT2D eigenvalue weighted by atomic mass is 32.2. The molecule has 2 saturated heterocycles. The van der Waals surface area contributed by atoms with E-state index in [0.29, 0.717) is 11.6 Å². The van der Waals surface area contributed by atoms with E-state index in [1.807, 2.05) is 11.0 Å². The Kier molecular flexibility index (Phi) is 6.92. The minimum Gasteiger partial charge on any atom is -0.341 e. The molecule has 0 spiro atoms. The largest absolute Gasteiger partial charge is 0.341 e. The quantitative estimate of drug-likeness (QED) is 0.709. The van der Waals surface area contributed by atoms with Crippen LogP contribution in [0, 0.1) is 5.92 Å². The first kappa shape index (κ1) is 21.7. The van der Waals surface area contributed by atoms with Gasteiger partial charge in [0.15, 0.2) is 0 Å². The highest BCUT2D eigenvalue weighted by Gasteiger charge is 2.41. The van der Waals surface area contributed by atoms with Crippen LogP contribution in [-0.2, 0) is 19.6 Å². The molecule has 2 atom stereocenters. The van der Waals surface area contributed by atoms with Crippen molar-refractivity contribution in [2.75, 3.05) is 38.5 Å². The zero-order valence-electron chi connectivity index (χ0n) is 17.0. The van der Waals surface area contributed by atoms with E-state index >= 15 is 0 Å². The summed E-state index contributed by atoms with van der Waals surface area (Å²) in [5.41, 5.74) is 0.618. The molecule has 1 aromatic rings. The van der Waals surface area contributed by atoms with Crippen LogP contribution in [0.25, 0.3) is 0 Å². The number of sulfonamides is 1. The van der Waals surface area contributed by atoms with E-state index in [4.69, 9.17) is 0 Å². The summed E-state index contributed by atoms with van der Waals surface area (Å²) in [6.45, 7) is 3.59. The van der Waals surface area contributed by atoms with Crippen molar-refractivity contribution in [3.63, 3.8) is 0 Å². The molecule has 0 aliphatic carbocycles. The fraction of sp³-hybridized carbons (Fsp3) is 0.600. The summed E-state index contributed by atoms with van der Waals surface area (Å²) in [6, 6.07) is 8.42. The fourth-order valence-electron chi connectivity index (χ4n) is 3.84. The van der Waals surface area contributed by atoms with E-state index < -0.39 is 27.2 Å². The van der Waals surface area contributed by atoms with Crippen molar-refractivity contribution >= 4 is 27.5 Å². The first-order valence-corrected chi connectivity index (χ1v) is 11.6. The van der Waals surface area contributed by atoms with Crippen LogP contribution in [0.15, 0.2) is 30.3 Å². The Bertz CT molecular complexity index is 822. The van der Waals surface area contributed by atoms with Gasteiger partial charge < -0.3 is 15.5 Å². The van der Waals surface area contributed by atoms with Crippen molar-refractivity contribution in [1.82, 2.24) is 14.5 Å². The monoisotopic (exact) mass is 422 g/mol. The molecule has 2 aliphatic heterocycles. The van der Waals surface area contributed by atoms with Crippen LogP contribution in [0.2, 0.25) is 0 Å². The van der Waals surface area contributed by atoms with Crippen LogP contribution in [0.3, 0.4) is 0 Å². The number of rotatable bonds is 6. The zero-order chi connectivity index (χ0) is 21.0. The zero-order valence-corrected chi connectivity index (χ0v) is 17.8. The van der Waals surface area contributed by atoms with Gasteiger partial charge in [-0.2, -0.15) is 4.31 Å². The number of benzene rings is 1. The van der Waals surface area contributed by atoms with Gasteiger partial charge in [-0.1, -0.05) is 25.1 Å². The van der Waals surface area contributed by atoms with Crippen molar-refractivity contribution in [3.8, 4) is 0 Å². The highest BCUT2D eigenvalue weighted by Crippen LogP contribution is 2.22. The second-order valence-corrected chi connectivity index (χ2v) is 10.4. The van der Waals surface area contributed by atoms with Crippen molar-refractivity contribution in [3.05, 3.63) is 30.3 Å². The van der Waals surface area contributed by atoms with E-state index in [-0.39, 0.29) is 25.4 Å². The lowest BCUT2D eigenvalue weighted by Crippen LogP contribution is -2.46. The number of likely N-dealkylation sites (tertiary alicyclic amines) is 1. The molecule has 0 radical (unpaired) electrons. The minimum atomic E-state index is -3.69. The van der Waals surface area contributed by atoms with Gasteiger partial charge >= 0.3 is 0 Å². The van der Waals surface area contributed by atoms with Crippen molar-refractivity contribution < 1.29 is 18.0 Å². The maximum absolute atomic E-state index is 12.9. The van der Waals surface area contributed by atoms with Gasteiger partial charge in [0.25, 0.3) is 0 Å². The predicted molar refractivity (Wildman–Crippen MR) is 112 cm³/mol. The minimum absolute atomic E-state index is 0.0147. The average Bonchev–Trinajstić information content (AvgIpc) is 3.19. The molecule has 1 aromatic carbocycles. The average molecular weight is 423 g/mol. The van der Waals surface area contributed by atoms with Crippen LogP contribution >= 0.6 is 0 Å². The van der Waals surface area contributed by atoms with Crippen molar-refractivity contribution in [1.29, 1.82) is 0 Å². The van der Waals surface area contributed by atoms with Gasteiger partial charge in [-0.05, 0) is 37.3 Å². The Morgan fingerprint density at radius 2 is 1.86 bits per heavy atom. The molecule has 2 amide bonds. The van der Waals surface area contributed by atoms with Crippen molar-refractivity contribution in [2.24, 2.45) is 5.92 Å². The molecule has 2 fully saturated rings. The Hall–Kier alpha value is -1.97. The lowest BCUT2D eigenvalue weighted by molar-refractivity contribution is -0.134. The van der Waals surface area contributed by atoms with Crippen LogP contribution < -0.4 is 10.6 Å². The standard InChI is InChI=1S/C20H30N4O4S/c1-15-8-10-24(11-9-15)20(26)18-12-17(13-21-18)29(27,28)23(2)14-19(25)22-16-6-4-3-5-7-16/h3-7,15,17-18,21H,8-14H2,1-2H3,(H,22,25). The summed E-state index contributed by atoms with van der Waals surface area (Å²) in [7, 11) is -2.29. The fourth-order valence-corrected chi connectivity index (χ4v) is 5.39. The van der Waals surface area contributed by atoms with Gasteiger partial charge in [-0.15, -0.1) is 0 Å². The molecule has 0 aromatic heterocycles. The number of hydrogen-bond acceptors (Lipinski definition) is 5. The molecule has 2 N–H and O–H groups in total. The number of nitrogens with zero attached hydrogens (tertiary/aromatic N) is 2. The third kappa shape index (κ3) is 5.34. The predicted octanol–water partition coefficient (Wildman–Crippen LogP) is 0.876. The molecule has 160 valence electrons. The van der Waals surface area contributed by atoms with Gasteiger partial charge in [0, 0.05) is 32.4 Å². The molecule has 2 heterocycles. The molecule has 3 rings (SSSR count). The first-order chi connectivity index (χ1) is 13.8. The maximum atomic E-state index is 12.9. The van der Waals surface area contributed by atoms with Crippen LogP contribution in [0.1, 0.15) is 26.2 Å². The molecule has 2 aliphatic rings. The summed E-state index contributed by atoms with van der Waals surface area (Å²) in [5.74, 6) is 0.210. The molecule has 9 heteroatoms. The molecule has 2 unspecified atom stereocenters. The number of carbonyl (C=O) groups excluding carboxylic acids is 2. The molecule has 0 saturated carbocycles. The molecule has 29 heavy (non-hydrogen) atoms. The number of piperidine rings is 1. The van der Waals surface area contributed by atoms with Crippen LogP contribution in [0.5, 0.6) is 0 Å². The number of likely N-dealkylation sites (N-methyl/N-ethyl adjacent to an activating group) is 1. The third-order valence-electron chi connectivity index (χ3n) is 5.76. The normalized spacial score (nSPS) is 23.3. The number of hydrogen-bond donors (Lipinski definition) is 2. The second-order valence-electron chi connectivity index (χ2n) is 8.04. The molecule has 8 nitrogen and oxygen atoms in total. The summed E-state index contributed by atoms with van der Waals surface area (Å²) < 4.78 is 26.9. The smallest absolute Gasteiger partial charge is 0.239 e. The van der Waals surface area contributed by atoms with Gasteiger partial charge in [0.2, 0.25) is 21.8 Å². The van der Waals surface area contributed by atoms with Crippen molar-refractivity contribution in [2.45, 2.75) is 37.5 Å². The SMILES string of the molecule is CC1CCN(C(=O)C2CC(S(=O)(=O)N(C)CC(=O)Nc3ccccc3)CN2)CC1. The number of anilines is 1. The van der Waals surface area contributed by atoms with E-state index in [0.717, 1.165) is 30.2 Å². The number of nitrogens with one attached hydrogen (secondary N) is 2. The Morgan fingerprint density at radius 1 is 1.21 bits per heavy atom. The highest BCUT2D eigenvalue weighted by molar-refractivity contribution is 7.89. The number of carbonyl (C=O) groups is 2. The van der Waals surface area contributed by atoms with Gasteiger partial charge in [-0.25, -0.2) is 8.42 Å². The van der Waals surface area contributed by atoms with Gasteiger partial charge in [0.1, 0.15) is 0 Å². The lowest BCUT2D eigenvalue weighted by atomic mass is 9.98. The van der Waals surface area contributed by atoms with Gasteiger partial charge in [-0.3, -0.25) is 9.59 Å². The number of para-hydroxylation sites is 1. The Balaban J connectivity index is 1.54. The topological polar surface area (TPSA) is 98.8 Å². The summed E-state index contributed by atoms with van der Waals surface area (Å²) in [5, 5.41) is 5.05. The molecular weight excluding hydrogens is 392 g/mol. The van der Waals surface area contributed by atoms with E-state index in [1.54, 1.807) is 24.3 Å². The molecular formula is C20H30N4O4S. The van der Waals surface area contributed by atoms with Crippen LogP contribution in [-0.4, -0.2) is 74.0 Å². The molecule has 0 bridgehead atoms. The van der Waals surface area contributed by atoms with Gasteiger partial charge in [0.05, 0.1) is 17.8 Å². The second kappa shape index (κ2) is 9.23. The summed E-state index contributed by atoms with van der Waals surface area (Å²) in [4.78, 5) is 26.8. The lowest BCUT2D eigenvalue weighted by Gasteiger charge is -2.32. The third-order valence-corrected chi connectivity index (χ3v) is 7.96. The van der Waals surface area contributed by atoms with E-state index in [1.165, 1.54) is 7.05 Å². The van der Waals surface area contributed by atoms with E-state index in [9.17, 15) is 18.0 Å². The number of amides is 2. The van der Waals surface area contributed by atoms with E-state index in [2.05, 4.69) is 17.6 Å². The Morgan fingerprint density at radius 3 is 2.52 bits per heavy atom. The van der Waals surface area contributed by atoms with Crippen LogP contribution in [0.4, 0.5) is 5.69 Å².